The lowest BCUT2D eigenvalue weighted by Crippen LogP contribution is -2.54. The number of carboxylic acid groups (broad SMARTS) is 1. The third-order valence-electron chi connectivity index (χ3n) is 4.85. The average molecular weight is 355 g/mol. The molecule has 4 nitrogen and oxygen atoms in total. The predicted molar refractivity (Wildman–Crippen MR) is 105 cm³/mol. The Morgan fingerprint density at radius 2 is 1.96 bits per heavy atom. The van der Waals surface area contributed by atoms with Gasteiger partial charge in [-0.25, -0.2) is 0 Å². The molecule has 1 saturated heterocycles. The van der Waals surface area contributed by atoms with E-state index in [1.807, 2.05) is 44.2 Å². The van der Waals surface area contributed by atoms with Gasteiger partial charge in [0, 0.05) is 13.1 Å². The Morgan fingerprint density at radius 3 is 2.46 bits per heavy atom. The number of carboxylic acids is 1. The Bertz CT molecular complexity index is 645. The smallest absolute Gasteiger partial charge is 0.309 e. The van der Waals surface area contributed by atoms with E-state index in [4.69, 9.17) is 4.74 Å². The van der Waals surface area contributed by atoms with Crippen LogP contribution in [0.4, 0.5) is 0 Å². The van der Waals surface area contributed by atoms with Crippen molar-refractivity contribution >= 4 is 5.97 Å². The van der Waals surface area contributed by atoms with E-state index in [1.165, 1.54) is 5.56 Å². The van der Waals surface area contributed by atoms with Crippen LogP contribution in [0.5, 0.6) is 0 Å². The molecule has 2 unspecified atom stereocenters. The number of rotatable bonds is 10. The van der Waals surface area contributed by atoms with Crippen LogP contribution in [0.15, 0.2) is 67.3 Å². The highest BCUT2D eigenvalue weighted by atomic mass is 16.5. The maximum Gasteiger partial charge on any atom is 0.309 e. The van der Waals surface area contributed by atoms with Gasteiger partial charge in [-0.2, -0.15) is 0 Å². The van der Waals surface area contributed by atoms with Crippen LogP contribution >= 0.6 is 0 Å². The fourth-order valence-electron chi connectivity index (χ4n) is 3.23. The third kappa shape index (κ3) is 4.93. The lowest BCUT2D eigenvalue weighted by Gasteiger charge is -2.45. The van der Waals surface area contributed by atoms with Gasteiger partial charge in [-0.15, -0.1) is 0 Å². The van der Waals surface area contributed by atoms with E-state index in [1.54, 1.807) is 6.08 Å². The van der Waals surface area contributed by atoms with Crippen molar-refractivity contribution in [2.45, 2.75) is 26.0 Å². The zero-order valence-corrected chi connectivity index (χ0v) is 15.7. The van der Waals surface area contributed by atoms with Gasteiger partial charge in [0.25, 0.3) is 0 Å². The number of hydrogen-bond acceptors (Lipinski definition) is 3. The van der Waals surface area contributed by atoms with E-state index in [-0.39, 0.29) is 24.7 Å². The number of carbonyl (C=O) groups is 1. The summed E-state index contributed by atoms with van der Waals surface area (Å²) in [5.41, 5.74) is 2.29. The van der Waals surface area contributed by atoms with Gasteiger partial charge in [0.05, 0.1) is 24.7 Å². The van der Waals surface area contributed by atoms with Crippen LogP contribution < -0.4 is 0 Å². The molecule has 4 heteroatoms. The Balaban J connectivity index is 2.02. The number of likely N-dealkylation sites (tertiary alicyclic amines) is 1. The summed E-state index contributed by atoms with van der Waals surface area (Å²) in [6.07, 6.45) is 5.70. The van der Waals surface area contributed by atoms with Gasteiger partial charge in [-0.3, -0.25) is 9.69 Å². The third-order valence-corrected chi connectivity index (χ3v) is 4.85. The number of aliphatic carboxylic acids is 1. The van der Waals surface area contributed by atoms with E-state index < -0.39 is 11.9 Å². The Kier molecular flexibility index (Phi) is 7.37. The molecular weight excluding hydrogens is 326 g/mol. The largest absolute Gasteiger partial charge is 0.481 e. The minimum atomic E-state index is -0.791. The molecule has 1 fully saturated rings. The second-order valence-electron chi connectivity index (χ2n) is 7.02. The fourth-order valence-corrected chi connectivity index (χ4v) is 3.23. The van der Waals surface area contributed by atoms with Crippen LogP contribution in [0.2, 0.25) is 0 Å². The molecule has 0 aromatic heterocycles. The van der Waals surface area contributed by atoms with Crippen molar-refractivity contribution in [3.63, 3.8) is 0 Å². The van der Waals surface area contributed by atoms with E-state index in [0.717, 1.165) is 18.7 Å². The van der Waals surface area contributed by atoms with E-state index >= 15 is 0 Å². The molecule has 1 aromatic carbocycles. The van der Waals surface area contributed by atoms with Crippen molar-refractivity contribution in [1.29, 1.82) is 0 Å². The van der Waals surface area contributed by atoms with Gasteiger partial charge in [-0.1, -0.05) is 75.6 Å². The van der Waals surface area contributed by atoms with Crippen LogP contribution in [0.3, 0.4) is 0 Å². The topological polar surface area (TPSA) is 49.8 Å². The van der Waals surface area contributed by atoms with Gasteiger partial charge in [-0.05, 0) is 17.1 Å². The molecule has 0 aliphatic carbocycles. The molecule has 1 aromatic rings. The predicted octanol–water partition coefficient (Wildman–Crippen LogP) is 4.08. The number of nitrogens with zero attached hydrogens (tertiary/aromatic N) is 1. The van der Waals surface area contributed by atoms with Crippen molar-refractivity contribution in [2.24, 2.45) is 11.8 Å². The van der Waals surface area contributed by atoms with E-state index in [9.17, 15) is 9.90 Å². The zero-order valence-electron chi connectivity index (χ0n) is 15.7. The monoisotopic (exact) mass is 355 g/mol. The summed E-state index contributed by atoms with van der Waals surface area (Å²) in [5.74, 6) is -1.19. The summed E-state index contributed by atoms with van der Waals surface area (Å²) in [7, 11) is 0. The second kappa shape index (κ2) is 9.51. The van der Waals surface area contributed by atoms with Crippen LogP contribution in [-0.4, -0.2) is 41.8 Å². The molecule has 2 atom stereocenters. The molecule has 26 heavy (non-hydrogen) atoms. The summed E-state index contributed by atoms with van der Waals surface area (Å²) in [6.45, 7) is 13.4. The lowest BCUT2D eigenvalue weighted by molar-refractivity contribution is -0.149. The first-order valence-electron chi connectivity index (χ1n) is 9.06. The summed E-state index contributed by atoms with van der Waals surface area (Å²) < 4.78 is 5.86. The van der Waals surface area contributed by atoms with Crippen molar-refractivity contribution in [2.75, 3.05) is 19.7 Å². The molecular formula is C22H29NO3. The summed E-state index contributed by atoms with van der Waals surface area (Å²) in [6, 6.07) is 10.4. The average Bonchev–Trinajstić information content (AvgIpc) is 2.58. The SMILES string of the molecule is C=C/C=C(\C=C)C(c1ccccc1)N1CC(OCC(C(=O)O)C(C)C)C1. The quantitative estimate of drug-likeness (QED) is 0.643. The maximum atomic E-state index is 11.3. The number of allylic oxidation sites excluding steroid dienone is 2. The van der Waals surface area contributed by atoms with Crippen molar-refractivity contribution in [3.8, 4) is 0 Å². The molecule has 2 rings (SSSR count). The van der Waals surface area contributed by atoms with Gasteiger partial charge in [0.15, 0.2) is 0 Å². The van der Waals surface area contributed by atoms with Crippen molar-refractivity contribution in [3.05, 3.63) is 72.9 Å². The molecule has 0 radical (unpaired) electrons. The summed E-state index contributed by atoms with van der Waals surface area (Å²) >= 11 is 0. The molecule has 0 saturated carbocycles. The van der Waals surface area contributed by atoms with E-state index in [2.05, 4.69) is 30.2 Å². The first kappa shape index (κ1) is 20.1. The minimum absolute atomic E-state index is 0.0589. The van der Waals surface area contributed by atoms with Crippen LogP contribution in [0.1, 0.15) is 25.5 Å². The van der Waals surface area contributed by atoms with Crippen molar-refractivity contribution < 1.29 is 14.6 Å². The Labute approximate surface area is 156 Å². The molecule has 0 bridgehead atoms. The standard InChI is InChI=1S/C22H29NO3/c1-5-10-17(6-2)21(18-11-8-7-9-12-18)23-13-19(14-23)26-15-20(16(3)4)22(24)25/h5-12,16,19-21H,1-2,13-15H2,3-4H3,(H,24,25)/b17-10+. The molecule has 1 N–H and O–H groups in total. The minimum Gasteiger partial charge on any atom is -0.481 e. The number of hydrogen-bond donors (Lipinski definition) is 1. The summed E-state index contributed by atoms with van der Waals surface area (Å²) in [5, 5.41) is 9.28. The Hall–Kier alpha value is -2.17. The highest BCUT2D eigenvalue weighted by Crippen LogP contribution is 2.34. The first-order valence-corrected chi connectivity index (χ1v) is 9.06. The van der Waals surface area contributed by atoms with Gasteiger partial charge >= 0.3 is 5.97 Å². The van der Waals surface area contributed by atoms with Gasteiger partial charge in [0.2, 0.25) is 0 Å². The molecule has 0 amide bonds. The van der Waals surface area contributed by atoms with Crippen molar-refractivity contribution in [1.82, 2.24) is 4.90 Å². The highest BCUT2D eigenvalue weighted by Gasteiger charge is 2.36. The lowest BCUT2D eigenvalue weighted by atomic mass is 9.93. The first-order chi connectivity index (χ1) is 12.5. The number of ether oxygens (including phenoxy) is 1. The zero-order chi connectivity index (χ0) is 19.1. The van der Waals surface area contributed by atoms with Crippen LogP contribution in [-0.2, 0) is 9.53 Å². The summed E-state index contributed by atoms with van der Waals surface area (Å²) in [4.78, 5) is 13.6. The molecule has 1 aliphatic rings. The fraction of sp³-hybridized carbons (Fsp3) is 0.409. The maximum absolute atomic E-state index is 11.3. The molecule has 140 valence electrons. The van der Waals surface area contributed by atoms with Gasteiger partial charge < -0.3 is 9.84 Å². The molecule has 0 spiro atoms. The normalized spacial score (nSPS) is 18.2. The highest BCUT2D eigenvalue weighted by molar-refractivity contribution is 5.70. The Morgan fingerprint density at radius 1 is 1.31 bits per heavy atom. The molecule has 1 aliphatic heterocycles. The van der Waals surface area contributed by atoms with Gasteiger partial charge in [0.1, 0.15) is 0 Å². The van der Waals surface area contributed by atoms with Crippen LogP contribution in [0.25, 0.3) is 0 Å². The molecule has 1 heterocycles. The van der Waals surface area contributed by atoms with E-state index in [0.29, 0.717) is 0 Å². The second-order valence-corrected chi connectivity index (χ2v) is 7.02. The number of benzene rings is 1. The van der Waals surface area contributed by atoms with Crippen LogP contribution in [0, 0.1) is 11.8 Å².